The molecule has 0 radical (unpaired) electrons. The van der Waals surface area contributed by atoms with Gasteiger partial charge in [0.2, 0.25) is 0 Å². The van der Waals surface area contributed by atoms with Gasteiger partial charge in [-0.2, -0.15) is 0 Å². The predicted molar refractivity (Wildman–Crippen MR) is 100 cm³/mol. The fraction of sp³-hybridized carbons (Fsp3) is 0.684. The number of esters is 1. The van der Waals surface area contributed by atoms with Gasteiger partial charge in [-0.25, -0.2) is 15.0 Å². The van der Waals surface area contributed by atoms with E-state index >= 15 is 0 Å². The molecule has 2 fully saturated rings. The Morgan fingerprint density at radius 2 is 2.00 bits per heavy atom. The molecule has 27 heavy (non-hydrogen) atoms. The maximum absolute atomic E-state index is 12.6. The normalized spacial score (nSPS) is 33.4. The van der Waals surface area contributed by atoms with Crippen molar-refractivity contribution in [3.8, 4) is 0 Å². The molecule has 3 atom stereocenters. The van der Waals surface area contributed by atoms with Crippen LogP contribution in [0.2, 0.25) is 5.15 Å². The number of ether oxygens (including phenoxy) is 2. The highest BCUT2D eigenvalue weighted by molar-refractivity contribution is 6.33. The quantitative estimate of drug-likeness (QED) is 0.571. The summed E-state index contributed by atoms with van der Waals surface area (Å²) in [5.41, 5.74) is 0.225. The summed E-state index contributed by atoms with van der Waals surface area (Å²) >= 11 is 6.15. The van der Waals surface area contributed by atoms with Gasteiger partial charge in [0.15, 0.2) is 23.1 Å². The Bertz CT molecular complexity index is 885. The number of carbonyl (C=O) groups is 1. The van der Waals surface area contributed by atoms with Gasteiger partial charge in [0.1, 0.15) is 11.8 Å². The Morgan fingerprint density at radius 3 is 2.63 bits per heavy atom. The summed E-state index contributed by atoms with van der Waals surface area (Å²) in [7, 11) is 0. The van der Waals surface area contributed by atoms with Gasteiger partial charge in [-0.1, -0.05) is 25.4 Å². The van der Waals surface area contributed by atoms with Crippen molar-refractivity contribution in [2.24, 2.45) is 17.3 Å². The van der Waals surface area contributed by atoms with Crippen LogP contribution in [0.25, 0.3) is 11.2 Å². The van der Waals surface area contributed by atoms with Crippen LogP contribution in [-0.4, -0.2) is 37.2 Å². The first-order valence-electron chi connectivity index (χ1n) is 9.34. The van der Waals surface area contributed by atoms with Crippen LogP contribution < -0.4 is 0 Å². The lowest BCUT2D eigenvalue weighted by Gasteiger charge is -2.46. The highest BCUT2D eigenvalue weighted by atomic mass is 35.5. The molecule has 0 unspecified atom stereocenters. The lowest BCUT2D eigenvalue weighted by Crippen LogP contribution is -2.48. The van der Waals surface area contributed by atoms with Gasteiger partial charge in [0.25, 0.3) is 0 Å². The van der Waals surface area contributed by atoms with Crippen molar-refractivity contribution in [3.05, 3.63) is 17.8 Å². The van der Waals surface area contributed by atoms with Crippen LogP contribution in [0.3, 0.4) is 0 Å². The molecule has 2 aromatic heterocycles. The summed E-state index contributed by atoms with van der Waals surface area (Å²) in [6.45, 7) is 9.88. The number of hydrogen-bond acceptors (Lipinski definition) is 6. The molecule has 0 bridgehead atoms. The lowest BCUT2D eigenvalue weighted by molar-refractivity contribution is -0.169. The number of fused-ring (bicyclic) bond motifs is 1. The van der Waals surface area contributed by atoms with Gasteiger partial charge >= 0.3 is 5.97 Å². The molecule has 1 saturated heterocycles. The smallest absolute Gasteiger partial charge is 0.311 e. The molecule has 3 heterocycles. The molecular formula is C19H25ClN4O3. The zero-order valence-corrected chi connectivity index (χ0v) is 17.0. The van der Waals surface area contributed by atoms with Crippen LogP contribution in [0.5, 0.6) is 0 Å². The fourth-order valence-electron chi connectivity index (χ4n) is 4.23. The first kappa shape index (κ1) is 18.6. The molecule has 2 aromatic rings. The maximum Gasteiger partial charge on any atom is 0.311 e. The predicted octanol–water partition coefficient (Wildman–Crippen LogP) is 3.77. The van der Waals surface area contributed by atoms with Gasteiger partial charge in [-0.3, -0.25) is 9.36 Å². The fourth-order valence-corrected chi connectivity index (χ4v) is 4.41. The number of rotatable bonds is 2. The van der Waals surface area contributed by atoms with E-state index in [0.29, 0.717) is 22.2 Å². The number of hydrogen-bond donors (Lipinski definition) is 0. The Kier molecular flexibility index (Phi) is 4.23. The summed E-state index contributed by atoms with van der Waals surface area (Å²) in [6.07, 6.45) is 4.04. The van der Waals surface area contributed by atoms with Crippen LogP contribution in [0, 0.1) is 17.3 Å². The Labute approximate surface area is 163 Å². The topological polar surface area (TPSA) is 79.1 Å². The number of carbonyl (C=O) groups excluding carboxylic acids is 1. The van der Waals surface area contributed by atoms with E-state index in [1.807, 2.05) is 25.3 Å². The third-order valence-electron chi connectivity index (χ3n) is 5.79. The van der Waals surface area contributed by atoms with Crippen molar-refractivity contribution >= 4 is 28.7 Å². The largest absolute Gasteiger partial charge is 0.457 e. The van der Waals surface area contributed by atoms with E-state index in [1.54, 1.807) is 6.33 Å². The Balaban J connectivity index is 1.73. The van der Waals surface area contributed by atoms with Crippen LogP contribution in [0.15, 0.2) is 12.7 Å². The van der Waals surface area contributed by atoms with Crippen LogP contribution in [0.1, 0.15) is 53.7 Å². The van der Waals surface area contributed by atoms with Gasteiger partial charge < -0.3 is 9.47 Å². The van der Waals surface area contributed by atoms with E-state index in [-0.39, 0.29) is 17.5 Å². The van der Waals surface area contributed by atoms with Crippen LogP contribution >= 0.6 is 11.6 Å². The molecule has 0 aromatic carbocycles. The Morgan fingerprint density at radius 1 is 1.30 bits per heavy atom. The average Bonchev–Trinajstić information content (AvgIpc) is 3.09. The molecule has 0 amide bonds. The molecule has 1 aliphatic carbocycles. The minimum absolute atomic E-state index is 0.0692. The highest BCUT2D eigenvalue weighted by Crippen LogP contribution is 2.56. The van der Waals surface area contributed by atoms with E-state index in [9.17, 15) is 4.79 Å². The third-order valence-corrected chi connectivity index (χ3v) is 6.07. The van der Waals surface area contributed by atoms with Gasteiger partial charge in [0, 0.05) is 5.92 Å². The molecule has 1 aliphatic heterocycles. The second kappa shape index (κ2) is 6.14. The zero-order chi connectivity index (χ0) is 19.6. The molecule has 1 spiro atoms. The summed E-state index contributed by atoms with van der Waals surface area (Å²) in [6, 6.07) is 0. The maximum atomic E-state index is 12.6. The zero-order valence-electron chi connectivity index (χ0n) is 16.3. The molecule has 146 valence electrons. The van der Waals surface area contributed by atoms with Crippen LogP contribution in [0.4, 0.5) is 0 Å². The van der Waals surface area contributed by atoms with Crippen LogP contribution in [-0.2, 0) is 14.3 Å². The summed E-state index contributed by atoms with van der Waals surface area (Å²) in [5.74, 6) is 0.427. The van der Waals surface area contributed by atoms with E-state index < -0.39 is 17.7 Å². The first-order chi connectivity index (χ1) is 12.6. The molecule has 2 aliphatic rings. The molecule has 8 heteroatoms. The van der Waals surface area contributed by atoms with Crippen molar-refractivity contribution in [2.75, 3.05) is 0 Å². The second-order valence-electron chi connectivity index (χ2n) is 8.98. The number of halogens is 1. The summed E-state index contributed by atoms with van der Waals surface area (Å²) < 4.78 is 14.3. The third kappa shape index (κ3) is 2.91. The minimum Gasteiger partial charge on any atom is -0.457 e. The summed E-state index contributed by atoms with van der Waals surface area (Å²) in [4.78, 5) is 25.3. The van der Waals surface area contributed by atoms with Crippen molar-refractivity contribution < 1.29 is 14.3 Å². The van der Waals surface area contributed by atoms with Gasteiger partial charge in [-0.15, -0.1) is 0 Å². The van der Waals surface area contributed by atoms with E-state index in [1.165, 1.54) is 6.33 Å². The van der Waals surface area contributed by atoms with E-state index in [4.69, 9.17) is 21.1 Å². The van der Waals surface area contributed by atoms with Crippen molar-refractivity contribution in [3.63, 3.8) is 0 Å². The molecule has 7 nitrogen and oxygen atoms in total. The Hall–Kier alpha value is -1.73. The molecule has 0 N–H and O–H groups in total. The van der Waals surface area contributed by atoms with Gasteiger partial charge in [0.05, 0.1) is 17.3 Å². The van der Waals surface area contributed by atoms with Gasteiger partial charge in [-0.05, 0) is 39.5 Å². The number of imidazole rings is 1. The van der Waals surface area contributed by atoms with Crippen molar-refractivity contribution in [2.45, 2.75) is 65.4 Å². The van der Waals surface area contributed by atoms with Crippen molar-refractivity contribution in [1.82, 2.24) is 19.5 Å². The monoisotopic (exact) mass is 392 g/mol. The summed E-state index contributed by atoms with van der Waals surface area (Å²) in [5, 5.41) is 0.292. The SMILES string of the molecule is C[C@H]1[C@@H](OC(=O)C(C)(C)C)[C@H](n2cnc3c(Cl)ncnc32)O[C@]12C[C@@H](C)C2. The molecule has 4 rings (SSSR count). The number of nitrogens with zero attached hydrogens (tertiary/aromatic N) is 4. The standard InChI is InChI=1S/C19H25ClN4O3/c1-10-6-19(7-10)11(2)13(26-17(25)18(3,4)5)16(27-19)24-9-23-12-14(20)21-8-22-15(12)24/h8-11,13,16H,6-7H2,1-5H3/t10-,11-,13+,16+,19+/m0/s1. The van der Waals surface area contributed by atoms with E-state index in [0.717, 1.165) is 12.8 Å². The average molecular weight is 393 g/mol. The van der Waals surface area contributed by atoms with E-state index in [2.05, 4.69) is 28.8 Å². The highest BCUT2D eigenvalue weighted by Gasteiger charge is 2.60. The lowest BCUT2D eigenvalue weighted by atomic mass is 9.65. The first-order valence-corrected chi connectivity index (χ1v) is 9.72. The molecular weight excluding hydrogens is 368 g/mol. The van der Waals surface area contributed by atoms with Crippen molar-refractivity contribution in [1.29, 1.82) is 0 Å². The number of aromatic nitrogens is 4. The second-order valence-corrected chi connectivity index (χ2v) is 9.34. The minimum atomic E-state index is -0.588. The molecule has 1 saturated carbocycles.